The van der Waals surface area contributed by atoms with Crippen molar-refractivity contribution in [2.75, 3.05) is 52.7 Å². The first kappa shape index (κ1) is 27.7. The van der Waals surface area contributed by atoms with Gasteiger partial charge in [0.2, 0.25) is 5.88 Å². The number of nitrogens with two attached hydrogens (primary N) is 1. The van der Waals surface area contributed by atoms with Crippen LogP contribution in [0.3, 0.4) is 0 Å². The van der Waals surface area contributed by atoms with Crippen molar-refractivity contribution in [2.24, 2.45) is 0 Å². The Hall–Kier alpha value is -2.92. The molecule has 2 atom stereocenters. The number of nitrogens with zero attached hydrogens (tertiary/aromatic N) is 2. The van der Waals surface area contributed by atoms with Gasteiger partial charge in [-0.3, -0.25) is 9.69 Å². The van der Waals surface area contributed by atoms with Crippen LogP contribution < -0.4 is 21.1 Å². The number of anilines is 1. The quantitative estimate of drug-likeness (QED) is 0.302. The van der Waals surface area contributed by atoms with E-state index < -0.39 is 0 Å². The Morgan fingerprint density at radius 1 is 1.25 bits per heavy atom. The van der Waals surface area contributed by atoms with Gasteiger partial charge in [0.05, 0.1) is 36.4 Å². The maximum atomic E-state index is 12.9. The van der Waals surface area contributed by atoms with Crippen molar-refractivity contribution in [3.05, 3.63) is 52.0 Å². The Bertz CT molecular complexity index is 1040. The number of esters is 1. The van der Waals surface area contributed by atoms with E-state index in [4.69, 9.17) is 31.5 Å². The van der Waals surface area contributed by atoms with Gasteiger partial charge < -0.3 is 30.6 Å². The number of hydrogen-bond acceptors (Lipinski definition) is 9. The second-order valence-electron chi connectivity index (χ2n) is 8.45. The zero-order valence-electron chi connectivity index (χ0n) is 20.9. The molecular weight excluding hydrogens is 486 g/mol. The molecule has 0 aliphatic carbocycles. The summed E-state index contributed by atoms with van der Waals surface area (Å²) in [5.74, 6) is -0.410. The molecule has 1 saturated heterocycles. The second kappa shape index (κ2) is 13.4. The second-order valence-corrected chi connectivity index (χ2v) is 8.86. The Balaban J connectivity index is 1.45. The van der Waals surface area contributed by atoms with E-state index in [9.17, 15) is 9.59 Å². The third kappa shape index (κ3) is 7.30. The number of nitrogen functional groups attached to an aromatic ring is 1. The van der Waals surface area contributed by atoms with Crippen LogP contribution in [0.15, 0.2) is 30.3 Å². The molecular formula is C25H34ClN5O5. The molecule has 0 bridgehead atoms. The van der Waals surface area contributed by atoms with Crippen molar-refractivity contribution in [3.8, 4) is 5.88 Å². The lowest BCUT2D eigenvalue weighted by atomic mass is 10.0. The van der Waals surface area contributed by atoms with Crippen LogP contribution in [-0.2, 0) is 16.0 Å². The van der Waals surface area contributed by atoms with Crippen molar-refractivity contribution in [1.82, 2.24) is 20.5 Å². The molecule has 3 rings (SSSR count). The predicted octanol–water partition coefficient (Wildman–Crippen LogP) is 2.11. The minimum absolute atomic E-state index is 0.107. The molecule has 1 aliphatic rings. The summed E-state index contributed by atoms with van der Waals surface area (Å²) in [7, 11) is 3.07. The van der Waals surface area contributed by atoms with E-state index in [0.717, 1.165) is 31.6 Å². The first-order chi connectivity index (χ1) is 17.4. The van der Waals surface area contributed by atoms with Gasteiger partial charge in [0, 0.05) is 39.8 Å². The van der Waals surface area contributed by atoms with Crippen LogP contribution in [-0.4, -0.2) is 80.9 Å². The topological polar surface area (TPSA) is 128 Å². The van der Waals surface area contributed by atoms with Crippen LogP contribution in [0, 0.1) is 0 Å². The number of ether oxygens (including phenoxy) is 3. The van der Waals surface area contributed by atoms with Crippen molar-refractivity contribution in [2.45, 2.75) is 32.0 Å². The van der Waals surface area contributed by atoms with E-state index in [0.29, 0.717) is 25.3 Å². The van der Waals surface area contributed by atoms with Gasteiger partial charge in [-0.2, -0.15) is 4.98 Å². The fourth-order valence-electron chi connectivity index (χ4n) is 4.08. The monoisotopic (exact) mass is 519 g/mol. The first-order valence-electron chi connectivity index (χ1n) is 11.9. The Labute approximate surface area is 216 Å². The summed E-state index contributed by atoms with van der Waals surface area (Å²) in [5, 5.41) is 6.66. The SMILES string of the molecule is CCOC(=O)c1ccc(CNCCN2CC[C@@H](NC(=O)c3cc(Cl)c(N)nc3OC)[C@@H](OC)C2)cc1. The molecule has 1 amide bonds. The Morgan fingerprint density at radius 3 is 2.67 bits per heavy atom. The summed E-state index contributed by atoms with van der Waals surface area (Å²) >= 11 is 6.06. The molecule has 1 aromatic carbocycles. The van der Waals surface area contributed by atoms with Gasteiger partial charge in [0.15, 0.2) is 0 Å². The van der Waals surface area contributed by atoms with Crippen molar-refractivity contribution >= 4 is 29.3 Å². The molecule has 0 spiro atoms. The first-order valence-corrected chi connectivity index (χ1v) is 12.3. The van der Waals surface area contributed by atoms with Gasteiger partial charge in [-0.1, -0.05) is 23.7 Å². The number of nitrogens with one attached hydrogen (secondary N) is 2. The summed E-state index contributed by atoms with van der Waals surface area (Å²) in [5.41, 5.74) is 7.59. The number of rotatable bonds is 11. The smallest absolute Gasteiger partial charge is 0.338 e. The van der Waals surface area contributed by atoms with Crippen LogP contribution in [0.1, 0.15) is 39.6 Å². The number of hydrogen-bond donors (Lipinski definition) is 3. The summed E-state index contributed by atoms with van der Waals surface area (Å²) in [6.07, 6.45) is 0.569. The standard InChI is InChI=1S/C25H34ClN5O5/c1-4-36-25(33)17-7-5-16(6-8-17)14-28-10-12-31-11-9-20(21(15-31)34-2)29-23(32)18-13-19(26)22(27)30-24(18)35-3/h5-8,13,20-21,28H,4,9-12,14-15H2,1-3H3,(H2,27,30)(H,29,32)/t20-,21+/m1/s1. The average Bonchev–Trinajstić information content (AvgIpc) is 2.89. The number of carbonyl (C=O) groups excluding carboxylic acids is 2. The number of carbonyl (C=O) groups is 2. The maximum Gasteiger partial charge on any atom is 0.338 e. The normalized spacial score (nSPS) is 18.0. The van der Waals surface area contributed by atoms with Crippen LogP contribution in [0.25, 0.3) is 0 Å². The van der Waals surface area contributed by atoms with E-state index in [-0.39, 0.29) is 46.3 Å². The Kier molecular flexibility index (Phi) is 10.3. The highest BCUT2D eigenvalue weighted by Crippen LogP contribution is 2.25. The maximum absolute atomic E-state index is 12.9. The number of halogens is 1. The van der Waals surface area contributed by atoms with Gasteiger partial charge in [-0.05, 0) is 37.1 Å². The molecule has 0 radical (unpaired) electrons. The molecule has 1 aromatic heterocycles. The van der Waals surface area contributed by atoms with E-state index in [1.165, 1.54) is 13.2 Å². The van der Waals surface area contributed by atoms with Gasteiger partial charge in [-0.25, -0.2) is 4.79 Å². The predicted molar refractivity (Wildman–Crippen MR) is 137 cm³/mol. The molecule has 0 saturated carbocycles. The van der Waals surface area contributed by atoms with Gasteiger partial charge >= 0.3 is 5.97 Å². The van der Waals surface area contributed by atoms with Crippen molar-refractivity contribution in [1.29, 1.82) is 0 Å². The average molecular weight is 520 g/mol. The lowest BCUT2D eigenvalue weighted by Gasteiger charge is -2.38. The molecule has 36 heavy (non-hydrogen) atoms. The summed E-state index contributed by atoms with van der Waals surface area (Å²) in [4.78, 5) is 31.0. The fourth-order valence-corrected chi connectivity index (χ4v) is 4.23. The van der Waals surface area contributed by atoms with Crippen LogP contribution in [0.4, 0.5) is 5.82 Å². The molecule has 1 aliphatic heterocycles. The minimum Gasteiger partial charge on any atom is -0.480 e. The zero-order valence-corrected chi connectivity index (χ0v) is 21.6. The van der Waals surface area contributed by atoms with Gasteiger partial charge in [0.1, 0.15) is 11.4 Å². The molecule has 196 valence electrons. The van der Waals surface area contributed by atoms with Crippen LogP contribution in [0.2, 0.25) is 5.02 Å². The van der Waals surface area contributed by atoms with E-state index in [1.54, 1.807) is 26.2 Å². The number of likely N-dealkylation sites (tertiary alicyclic amines) is 1. The van der Waals surface area contributed by atoms with Crippen molar-refractivity contribution < 1.29 is 23.8 Å². The molecule has 2 heterocycles. The lowest BCUT2D eigenvalue weighted by Crippen LogP contribution is -2.55. The molecule has 10 nitrogen and oxygen atoms in total. The molecule has 1 fully saturated rings. The van der Waals surface area contributed by atoms with E-state index >= 15 is 0 Å². The van der Waals surface area contributed by atoms with Crippen LogP contribution in [0.5, 0.6) is 5.88 Å². The molecule has 4 N–H and O–H groups in total. The van der Waals surface area contributed by atoms with Crippen LogP contribution >= 0.6 is 11.6 Å². The molecule has 0 unspecified atom stereocenters. The van der Waals surface area contributed by atoms with E-state index in [1.807, 2.05) is 12.1 Å². The van der Waals surface area contributed by atoms with E-state index in [2.05, 4.69) is 20.5 Å². The highest BCUT2D eigenvalue weighted by atomic mass is 35.5. The molecule has 2 aromatic rings. The molecule has 11 heteroatoms. The minimum atomic E-state index is -0.336. The number of amides is 1. The number of piperidine rings is 1. The van der Waals surface area contributed by atoms with Crippen molar-refractivity contribution in [3.63, 3.8) is 0 Å². The summed E-state index contributed by atoms with van der Waals surface area (Å²) in [6, 6.07) is 8.71. The number of benzene rings is 1. The van der Waals surface area contributed by atoms with Gasteiger partial charge in [0.25, 0.3) is 5.91 Å². The third-order valence-electron chi connectivity index (χ3n) is 6.07. The summed E-state index contributed by atoms with van der Waals surface area (Å²) < 4.78 is 15.9. The zero-order chi connectivity index (χ0) is 26.1. The number of pyridine rings is 1. The Morgan fingerprint density at radius 2 is 2.00 bits per heavy atom. The fraction of sp³-hybridized carbons (Fsp3) is 0.480. The van der Waals surface area contributed by atoms with Gasteiger partial charge in [-0.15, -0.1) is 0 Å². The third-order valence-corrected chi connectivity index (χ3v) is 6.37. The largest absolute Gasteiger partial charge is 0.480 e. The number of aromatic nitrogens is 1. The number of methoxy groups -OCH3 is 2. The highest BCUT2D eigenvalue weighted by Gasteiger charge is 2.31. The lowest BCUT2D eigenvalue weighted by molar-refractivity contribution is 0.00676. The highest BCUT2D eigenvalue weighted by molar-refractivity contribution is 6.33. The summed E-state index contributed by atoms with van der Waals surface area (Å²) in [6.45, 7) is 5.99.